The summed E-state index contributed by atoms with van der Waals surface area (Å²) in [5, 5.41) is 4.89. The fourth-order valence-corrected chi connectivity index (χ4v) is 4.74. The molecular weight excluding hydrogens is 301 g/mol. The van der Waals surface area contributed by atoms with Crippen molar-refractivity contribution in [1.29, 1.82) is 0 Å². The second kappa shape index (κ2) is 5.72. The Morgan fingerprint density at radius 2 is 2.11 bits per heavy atom. The minimum Gasteiger partial charge on any atom is -0.380 e. The molecule has 0 aromatic heterocycles. The number of thioether (sulfide) groups is 1. The van der Waals surface area contributed by atoms with E-state index in [-0.39, 0.29) is 5.60 Å². The highest BCUT2D eigenvalue weighted by Crippen LogP contribution is 2.40. The van der Waals surface area contributed by atoms with Gasteiger partial charge in [-0.2, -0.15) is 11.8 Å². The summed E-state index contributed by atoms with van der Waals surface area (Å²) in [6.45, 7) is 0.820. The van der Waals surface area contributed by atoms with Crippen molar-refractivity contribution >= 4 is 40.7 Å². The highest BCUT2D eigenvalue weighted by molar-refractivity contribution is 7.99. The Labute approximate surface area is 128 Å². The molecule has 0 bridgehead atoms. The van der Waals surface area contributed by atoms with E-state index in [4.69, 9.17) is 27.9 Å². The van der Waals surface area contributed by atoms with E-state index in [2.05, 4.69) is 5.32 Å². The molecule has 2 heterocycles. The maximum absolute atomic E-state index is 6.22. The van der Waals surface area contributed by atoms with Gasteiger partial charge in [0, 0.05) is 18.4 Å². The molecule has 0 amide bonds. The average Bonchev–Trinajstić information content (AvgIpc) is 2.82. The molecule has 1 spiro atoms. The highest BCUT2D eigenvalue weighted by Gasteiger charge is 2.40. The van der Waals surface area contributed by atoms with E-state index in [1.807, 2.05) is 30.0 Å². The molecule has 1 aromatic rings. The van der Waals surface area contributed by atoms with E-state index in [9.17, 15) is 0 Å². The lowest BCUT2D eigenvalue weighted by molar-refractivity contribution is -0.0628. The normalized spacial score (nSPS) is 30.7. The molecule has 1 N–H and O–H groups in total. The maximum atomic E-state index is 6.22. The number of anilines is 1. The Hall–Kier alpha value is -0.0900. The third-order valence-corrected chi connectivity index (χ3v) is 5.72. The number of hydrogen-bond donors (Lipinski definition) is 1. The molecule has 104 valence electrons. The van der Waals surface area contributed by atoms with Gasteiger partial charge in [-0.3, -0.25) is 0 Å². The van der Waals surface area contributed by atoms with Gasteiger partial charge in [-0.05, 0) is 37.1 Å². The zero-order valence-electron chi connectivity index (χ0n) is 10.6. The molecule has 2 nitrogen and oxygen atoms in total. The van der Waals surface area contributed by atoms with Gasteiger partial charge in [0.05, 0.1) is 21.3 Å². The van der Waals surface area contributed by atoms with Crippen LogP contribution in [0, 0.1) is 0 Å². The fourth-order valence-electron chi connectivity index (χ4n) is 2.85. The summed E-state index contributed by atoms with van der Waals surface area (Å²) in [5.74, 6) is 2.32. The van der Waals surface area contributed by atoms with Crippen molar-refractivity contribution in [3.05, 3.63) is 28.2 Å². The second-order valence-electron chi connectivity index (χ2n) is 5.26. The third-order valence-electron chi connectivity index (χ3n) is 3.87. The lowest BCUT2D eigenvalue weighted by atomic mass is 9.90. The van der Waals surface area contributed by atoms with Crippen molar-refractivity contribution in [3.8, 4) is 0 Å². The number of benzene rings is 1. The van der Waals surface area contributed by atoms with Crippen molar-refractivity contribution < 1.29 is 4.74 Å². The molecule has 2 saturated heterocycles. The Morgan fingerprint density at radius 1 is 1.32 bits per heavy atom. The third kappa shape index (κ3) is 2.99. The number of halogens is 2. The lowest BCUT2D eigenvalue weighted by Gasteiger charge is -2.38. The van der Waals surface area contributed by atoms with E-state index in [1.54, 1.807) is 0 Å². The standard InChI is InChI=1S/C14H17Cl2NOS/c15-11-2-1-3-12(16)13(11)17-10-4-6-18-14(8-10)5-7-19-9-14/h1-3,10,17H,4-9H2. The first-order valence-corrected chi connectivity index (χ1v) is 8.52. The minimum absolute atomic E-state index is 0.0777. The Kier molecular flexibility index (Phi) is 4.18. The van der Waals surface area contributed by atoms with E-state index >= 15 is 0 Å². The first-order valence-electron chi connectivity index (χ1n) is 6.61. The minimum atomic E-state index is 0.0777. The van der Waals surface area contributed by atoms with Gasteiger partial charge in [-0.25, -0.2) is 0 Å². The van der Waals surface area contributed by atoms with Crippen LogP contribution in [0.1, 0.15) is 19.3 Å². The van der Waals surface area contributed by atoms with Crippen molar-refractivity contribution in [2.24, 2.45) is 0 Å². The molecule has 3 rings (SSSR count). The molecule has 0 radical (unpaired) electrons. The van der Waals surface area contributed by atoms with Crippen LogP contribution in [-0.4, -0.2) is 29.8 Å². The van der Waals surface area contributed by atoms with E-state index < -0.39 is 0 Å². The summed E-state index contributed by atoms with van der Waals surface area (Å²) in [6.07, 6.45) is 3.21. The lowest BCUT2D eigenvalue weighted by Crippen LogP contribution is -2.44. The quantitative estimate of drug-likeness (QED) is 0.870. The largest absolute Gasteiger partial charge is 0.380 e. The Bertz CT molecular complexity index is 443. The number of nitrogens with one attached hydrogen (secondary N) is 1. The topological polar surface area (TPSA) is 21.3 Å². The van der Waals surface area contributed by atoms with Crippen LogP contribution in [0.3, 0.4) is 0 Å². The Morgan fingerprint density at radius 3 is 2.79 bits per heavy atom. The first kappa shape index (κ1) is 13.9. The average molecular weight is 318 g/mol. The van der Waals surface area contributed by atoms with Gasteiger partial charge < -0.3 is 10.1 Å². The molecule has 2 atom stereocenters. The number of hydrogen-bond acceptors (Lipinski definition) is 3. The summed E-state index contributed by atoms with van der Waals surface area (Å²) in [7, 11) is 0. The summed E-state index contributed by atoms with van der Waals surface area (Å²) in [4.78, 5) is 0. The van der Waals surface area contributed by atoms with Crippen LogP contribution in [0.4, 0.5) is 5.69 Å². The van der Waals surface area contributed by atoms with Crippen molar-refractivity contribution in [3.63, 3.8) is 0 Å². The monoisotopic (exact) mass is 317 g/mol. The summed E-state index contributed by atoms with van der Waals surface area (Å²) < 4.78 is 6.03. The number of ether oxygens (including phenoxy) is 1. The molecule has 1 aromatic carbocycles. The van der Waals surface area contributed by atoms with Gasteiger partial charge in [0.15, 0.2) is 0 Å². The molecule has 19 heavy (non-hydrogen) atoms. The molecular formula is C14H17Cl2NOS. The predicted molar refractivity (Wildman–Crippen MR) is 83.7 cm³/mol. The fraction of sp³-hybridized carbons (Fsp3) is 0.571. The van der Waals surface area contributed by atoms with E-state index in [0.29, 0.717) is 16.1 Å². The summed E-state index contributed by atoms with van der Waals surface area (Å²) in [5.41, 5.74) is 0.937. The zero-order chi connectivity index (χ0) is 13.3. The van der Waals surface area contributed by atoms with Gasteiger partial charge in [-0.15, -0.1) is 0 Å². The molecule has 0 saturated carbocycles. The van der Waals surface area contributed by atoms with Crippen LogP contribution in [0.25, 0.3) is 0 Å². The molecule has 0 aliphatic carbocycles. The van der Waals surface area contributed by atoms with Gasteiger partial charge in [0.2, 0.25) is 0 Å². The molecule has 2 fully saturated rings. The van der Waals surface area contributed by atoms with Crippen LogP contribution in [-0.2, 0) is 4.74 Å². The smallest absolute Gasteiger partial charge is 0.0799 e. The van der Waals surface area contributed by atoms with Gasteiger partial charge in [-0.1, -0.05) is 29.3 Å². The van der Waals surface area contributed by atoms with Gasteiger partial charge >= 0.3 is 0 Å². The van der Waals surface area contributed by atoms with Crippen molar-refractivity contribution in [1.82, 2.24) is 0 Å². The van der Waals surface area contributed by atoms with Crippen molar-refractivity contribution in [2.75, 3.05) is 23.4 Å². The number of para-hydroxylation sites is 1. The van der Waals surface area contributed by atoms with Crippen molar-refractivity contribution in [2.45, 2.75) is 30.9 Å². The molecule has 2 unspecified atom stereocenters. The predicted octanol–water partition coefficient (Wildman–Crippen LogP) is 4.46. The number of rotatable bonds is 2. The van der Waals surface area contributed by atoms with E-state index in [0.717, 1.165) is 37.3 Å². The van der Waals surface area contributed by atoms with Gasteiger partial charge in [0.25, 0.3) is 0 Å². The SMILES string of the molecule is Clc1cccc(Cl)c1NC1CCOC2(CCSC2)C1. The Balaban J connectivity index is 1.73. The highest BCUT2D eigenvalue weighted by atomic mass is 35.5. The van der Waals surface area contributed by atoms with Crippen LogP contribution < -0.4 is 5.32 Å². The molecule has 2 aliphatic rings. The zero-order valence-corrected chi connectivity index (χ0v) is 13.0. The second-order valence-corrected chi connectivity index (χ2v) is 7.18. The van der Waals surface area contributed by atoms with Crippen LogP contribution >= 0.6 is 35.0 Å². The van der Waals surface area contributed by atoms with Crippen LogP contribution in [0.2, 0.25) is 10.0 Å². The maximum Gasteiger partial charge on any atom is 0.0799 e. The first-order chi connectivity index (χ1) is 9.19. The van der Waals surface area contributed by atoms with Crippen LogP contribution in [0.5, 0.6) is 0 Å². The van der Waals surface area contributed by atoms with E-state index in [1.165, 1.54) is 5.75 Å². The molecule has 5 heteroatoms. The summed E-state index contributed by atoms with van der Waals surface area (Å²) >= 11 is 14.4. The van der Waals surface area contributed by atoms with Crippen LogP contribution in [0.15, 0.2) is 18.2 Å². The summed E-state index contributed by atoms with van der Waals surface area (Å²) in [6, 6.07) is 6.01. The van der Waals surface area contributed by atoms with Gasteiger partial charge in [0.1, 0.15) is 0 Å². The molecule has 2 aliphatic heterocycles.